The molecule has 2 aromatic carbocycles. The smallest absolute Gasteiger partial charge is 0.270 e. The molecular formula is C14H12Br2N2O2. The van der Waals surface area contributed by atoms with Crippen molar-refractivity contribution in [1.29, 1.82) is 0 Å². The van der Waals surface area contributed by atoms with Crippen molar-refractivity contribution in [2.75, 3.05) is 5.32 Å². The highest BCUT2D eigenvalue weighted by Crippen LogP contribution is 2.30. The van der Waals surface area contributed by atoms with Gasteiger partial charge < -0.3 is 5.32 Å². The molecule has 0 aromatic heterocycles. The first-order valence-electron chi connectivity index (χ1n) is 5.93. The third kappa shape index (κ3) is 3.58. The molecule has 2 aromatic rings. The Morgan fingerprint density at radius 3 is 2.35 bits per heavy atom. The van der Waals surface area contributed by atoms with Crippen LogP contribution < -0.4 is 5.32 Å². The van der Waals surface area contributed by atoms with Gasteiger partial charge in [-0.1, -0.05) is 28.1 Å². The molecule has 0 spiro atoms. The second-order valence-electron chi connectivity index (χ2n) is 4.34. The van der Waals surface area contributed by atoms with Crippen LogP contribution in [0, 0.1) is 10.1 Å². The van der Waals surface area contributed by atoms with E-state index in [4.69, 9.17) is 0 Å². The number of anilines is 1. The normalized spacial score (nSPS) is 11.9. The second kappa shape index (κ2) is 6.37. The third-order valence-electron chi connectivity index (χ3n) is 2.91. The maximum Gasteiger partial charge on any atom is 0.270 e. The zero-order chi connectivity index (χ0) is 14.7. The Labute approximate surface area is 133 Å². The number of non-ortho nitro benzene ring substituents is 1. The van der Waals surface area contributed by atoms with Crippen molar-refractivity contribution in [3.8, 4) is 0 Å². The van der Waals surface area contributed by atoms with Crippen molar-refractivity contribution in [2.24, 2.45) is 0 Å². The van der Waals surface area contributed by atoms with Gasteiger partial charge in [-0.2, -0.15) is 0 Å². The highest BCUT2D eigenvalue weighted by Gasteiger charge is 2.11. The molecule has 1 N–H and O–H groups in total. The molecule has 0 bridgehead atoms. The number of hydrogen-bond acceptors (Lipinski definition) is 3. The molecule has 104 valence electrons. The van der Waals surface area contributed by atoms with Gasteiger partial charge in [0.1, 0.15) is 0 Å². The van der Waals surface area contributed by atoms with Crippen LogP contribution in [0.4, 0.5) is 11.4 Å². The monoisotopic (exact) mass is 398 g/mol. The van der Waals surface area contributed by atoms with Gasteiger partial charge in [0.05, 0.1) is 4.92 Å². The fraction of sp³-hybridized carbons (Fsp3) is 0.143. The van der Waals surface area contributed by atoms with Gasteiger partial charge in [-0.15, -0.1) is 0 Å². The molecule has 1 unspecified atom stereocenters. The number of benzene rings is 2. The van der Waals surface area contributed by atoms with Gasteiger partial charge >= 0.3 is 0 Å². The predicted octanol–water partition coefficient (Wildman–Crippen LogP) is 5.29. The van der Waals surface area contributed by atoms with E-state index in [2.05, 4.69) is 37.2 Å². The van der Waals surface area contributed by atoms with Crippen LogP contribution in [0.15, 0.2) is 51.4 Å². The van der Waals surface area contributed by atoms with Gasteiger partial charge in [0.2, 0.25) is 0 Å². The van der Waals surface area contributed by atoms with Crippen molar-refractivity contribution in [3.05, 3.63) is 67.1 Å². The Morgan fingerprint density at radius 1 is 1.15 bits per heavy atom. The third-order valence-corrected chi connectivity index (χ3v) is 4.09. The van der Waals surface area contributed by atoms with E-state index in [1.54, 1.807) is 6.07 Å². The summed E-state index contributed by atoms with van der Waals surface area (Å²) >= 11 is 6.76. The van der Waals surface area contributed by atoms with Crippen molar-refractivity contribution < 1.29 is 4.92 Å². The van der Waals surface area contributed by atoms with Crippen LogP contribution in [0.2, 0.25) is 0 Å². The summed E-state index contributed by atoms with van der Waals surface area (Å²) < 4.78 is 1.71. The van der Waals surface area contributed by atoms with Gasteiger partial charge in [-0.3, -0.25) is 10.1 Å². The Kier molecular flexibility index (Phi) is 4.77. The number of nitrogens with zero attached hydrogens (tertiary/aromatic N) is 1. The largest absolute Gasteiger partial charge is 0.378 e. The van der Waals surface area contributed by atoms with Crippen molar-refractivity contribution in [3.63, 3.8) is 0 Å². The number of rotatable bonds is 4. The highest BCUT2D eigenvalue weighted by molar-refractivity contribution is 9.10. The molecule has 0 saturated carbocycles. The first kappa shape index (κ1) is 15.0. The minimum absolute atomic E-state index is 0.0683. The maximum absolute atomic E-state index is 10.7. The molecule has 0 aliphatic carbocycles. The summed E-state index contributed by atoms with van der Waals surface area (Å²) in [7, 11) is 0. The first-order valence-corrected chi connectivity index (χ1v) is 7.52. The van der Waals surface area contributed by atoms with E-state index < -0.39 is 4.92 Å². The Balaban J connectivity index is 2.17. The average molecular weight is 400 g/mol. The van der Waals surface area contributed by atoms with Crippen LogP contribution in [-0.4, -0.2) is 4.92 Å². The predicted molar refractivity (Wildman–Crippen MR) is 87.0 cm³/mol. The van der Waals surface area contributed by atoms with Crippen LogP contribution in [0.5, 0.6) is 0 Å². The summed E-state index contributed by atoms with van der Waals surface area (Å²) in [6, 6.07) is 12.8. The van der Waals surface area contributed by atoms with Crippen LogP contribution in [-0.2, 0) is 0 Å². The van der Waals surface area contributed by atoms with E-state index in [0.29, 0.717) is 4.47 Å². The molecule has 4 nitrogen and oxygen atoms in total. The Morgan fingerprint density at radius 2 is 1.80 bits per heavy atom. The summed E-state index contributed by atoms with van der Waals surface area (Å²) in [6.07, 6.45) is 0. The van der Waals surface area contributed by atoms with Crippen molar-refractivity contribution in [1.82, 2.24) is 0 Å². The van der Waals surface area contributed by atoms with Crippen LogP contribution in [0.1, 0.15) is 18.5 Å². The zero-order valence-electron chi connectivity index (χ0n) is 10.6. The van der Waals surface area contributed by atoms with Crippen LogP contribution >= 0.6 is 31.9 Å². The molecule has 2 rings (SSSR count). The first-order chi connectivity index (χ1) is 9.47. The van der Waals surface area contributed by atoms with E-state index >= 15 is 0 Å². The fourth-order valence-electron chi connectivity index (χ4n) is 1.80. The molecule has 0 fully saturated rings. The minimum Gasteiger partial charge on any atom is -0.378 e. The lowest BCUT2D eigenvalue weighted by atomic mass is 10.1. The molecule has 0 radical (unpaired) electrons. The zero-order valence-corrected chi connectivity index (χ0v) is 13.8. The van der Waals surface area contributed by atoms with Gasteiger partial charge in [0.25, 0.3) is 5.69 Å². The standard InChI is InChI=1S/C14H12Br2N2O2/c1-9(10-2-4-11(15)5-3-10)17-14-7-6-12(18(19)20)8-13(14)16/h2-9,17H,1H3. The number of hydrogen-bond donors (Lipinski definition) is 1. The van der Waals surface area contributed by atoms with E-state index in [0.717, 1.165) is 15.7 Å². The topological polar surface area (TPSA) is 55.2 Å². The van der Waals surface area contributed by atoms with Gasteiger partial charge in [0, 0.05) is 32.8 Å². The van der Waals surface area contributed by atoms with Gasteiger partial charge in [0.15, 0.2) is 0 Å². The molecule has 6 heteroatoms. The fourth-order valence-corrected chi connectivity index (χ4v) is 2.55. The molecule has 0 aliphatic heterocycles. The molecule has 0 aliphatic rings. The summed E-state index contributed by atoms with van der Waals surface area (Å²) in [5.74, 6) is 0. The van der Waals surface area contributed by atoms with Gasteiger partial charge in [-0.05, 0) is 46.6 Å². The lowest BCUT2D eigenvalue weighted by Gasteiger charge is -2.17. The number of nitrogens with one attached hydrogen (secondary N) is 1. The van der Waals surface area contributed by atoms with Crippen LogP contribution in [0.25, 0.3) is 0 Å². The van der Waals surface area contributed by atoms with Crippen molar-refractivity contribution in [2.45, 2.75) is 13.0 Å². The Hall–Kier alpha value is -1.40. The minimum atomic E-state index is -0.410. The SMILES string of the molecule is CC(Nc1ccc([N+](=O)[O-])cc1Br)c1ccc(Br)cc1. The van der Waals surface area contributed by atoms with E-state index in [1.165, 1.54) is 12.1 Å². The molecule has 0 saturated heterocycles. The van der Waals surface area contributed by atoms with Crippen molar-refractivity contribution >= 4 is 43.2 Å². The Bertz CT molecular complexity index is 630. The molecular weight excluding hydrogens is 388 g/mol. The summed E-state index contributed by atoms with van der Waals surface area (Å²) in [6.45, 7) is 2.04. The molecule has 0 heterocycles. The quantitative estimate of drug-likeness (QED) is 0.561. The number of nitro benzene ring substituents is 1. The molecule has 0 amide bonds. The summed E-state index contributed by atoms with van der Waals surface area (Å²) in [4.78, 5) is 10.3. The second-order valence-corrected chi connectivity index (χ2v) is 6.11. The van der Waals surface area contributed by atoms with E-state index in [-0.39, 0.29) is 11.7 Å². The van der Waals surface area contributed by atoms with Crippen LogP contribution in [0.3, 0.4) is 0 Å². The summed E-state index contributed by atoms with van der Waals surface area (Å²) in [5, 5.41) is 14.0. The van der Waals surface area contributed by atoms with E-state index in [1.807, 2.05) is 31.2 Å². The lowest BCUT2D eigenvalue weighted by Crippen LogP contribution is -2.07. The molecule has 1 atom stereocenters. The molecule has 20 heavy (non-hydrogen) atoms. The number of halogens is 2. The van der Waals surface area contributed by atoms with Gasteiger partial charge in [-0.25, -0.2) is 0 Å². The van der Waals surface area contributed by atoms with E-state index in [9.17, 15) is 10.1 Å². The summed E-state index contributed by atoms with van der Waals surface area (Å²) in [5.41, 5.74) is 2.03. The average Bonchev–Trinajstić information content (AvgIpc) is 2.41. The lowest BCUT2D eigenvalue weighted by molar-refractivity contribution is -0.384. The number of nitro groups is 1. The highest BCUT2D eigenvalue weighted by atomic mass is 79.9. The maximum atomic E-state index is 10.7.